The minimum Gasteiger partial charge on any atom is -0.392 e. The molecule has 1 heterocycles. The summed E-state index contributed by atoms with van der Waals surface area (Å²) in [5, 5.41) is 10.9. The van der Waals surface area contributed by atoms with E-state index in [0.717, 1.165) is 4.88 Å². The average molecular weight is 283 g/mol. The van der Waals surface area contributed by atoms with Crippen molar-refractivity contribution in [3.05, 3.63) is 51.7 Å². The number of anilines is 1. The van der Waals surface area contributed by atoms with Crippen LogP contribution in [-0.2, 0) is 13.2 Å². The highest BCUT2D eigenvalue weighted by molar-refractivity contribution is 7.09. The first-order valence-corrected chi connectivity index (χ1v) is 6.89. The number of benzene rings is 1. The Labute approximate surface area is 114 Å². The lowest BCUT2D eigenvalue weighted by Crippen LogP contribution is -2.24. The third-order valence-corrected chi connectivity index (χ3v) is 3.75. The second kappa shape index (κ2) is 6.12. The van der Waals surface area contributed by atoms with Crippen molar-refractivity contribution in [1.29, 1.82) is 0 Å². The van der Waals surface area contributed by atoms with Gasteiger partial charge in [-0.15, -0.1) is 11.3 Å². The Balaban J connectivity index is 2.32. The molecule has 0 aliphatic rings. The molecule has 0 radical (unpaired) electrons. The maximum absolute atomic E-state index is 14.0. The molecule has 2 nitrogen and oxygen atoms in total. The third kappa shape index (κ3) is 3.11. The lowest BCUT2D eigenvalue weighted by atomic mass is 10.1. The lowest BCUT2D eigenvalue weighted by Gasteiger charge is -2.23. The van der Waals surface area contributed by atoms with Crippen LogP contribution in [0.5, 0.6) is 0 Å². The number of hydrogen-bond donors (Lipinski definition) is 1. The van der Waals surface area contributed by atoms with E-state index in [1.807, 2.05) is 24.4 Å². The zero-order valence-electron chi connectivity index (χ0n) is 10.6. The van der Waals surface area contributed by atoms with Crippen molar-refractivity contribution < 1.29 is 13.9 Å². The Morgan fingerprint density at radius 2 is 1.95 bits per heavy atom. The zero-order valence-corrected chi connectivity index (χ0v) is 11.4. The van der Waals surface area contributed by atoms with Gasteiger partial charge in [-0.05, 0) is 36.1 Å². The van der Waals surface area contributed by atoms with Gasteiger partial charge in [0.1, 0.15) is 17.3 Å². The van der Waals surface area contributed by atoms with E-state index in [4.69, 9.17) is 5.11 Å². The lowest BCUT2D eigenvalue weighted by molar-refractivity contribution is 0.280. The molecule has 1 N–H and O–H groups in total. The number of thiophene rings is 1. The van der Waals surface area contributed by atoms with Crippen molar-refractivity contribution in [3.8, 4) is 0 Å². The highest BCUT2D eigenvalue weighted by atomic mass is 32.1. The fourth-order valence-electron chi connectivity index (χ4n) is 1.95. The molecule has 0 bridgehead atoms. The van der Waals surface area contributed by atoms with E-state index in [0.29, 0.717) is 13.1 Å². The molecule has 0 atom stereocenters. The molecule has 19 heavy (non-hydrogen) atoms. The molecule has 0 fully saturated rings. The maximum Gasteiger partial charge on any atom is 0.149 e. The van der Waals surface area contributed by atoms with E-state index >= 15 is 0 Å². The second-order valence-corrected chi connectivity index (χ2v) is 5.19. The Morgan fingerprint density at radius 1 is 1.26 bits per heavy atom. The van der Waals surface area contributed by atoms with Crippen LogP contribution in [0.15, 0.2) is 29.6 Å². The number of aliphatic hydroxyl groups is 1. The molecule has 0 spiro atoms. The molecule has 0 aliphatic carbocycles. The SMILES string of the molecule is CCN(Cc1cccs1)c1c(F)cc(CO)cc1F. The van der Waals surface area contributed by atoms with E-state index in [1.165, 1.54) is 12.1 Å². The van der Waals surface area contributed by atoms with Gasteiger partial charge in [-0.1, -0.05) is 6.07 Å². The van der Waals surface area contributed by atoms with Crippen molar-refractivity contribution in [3.63, 3.8) is 0 Å². The molecule has 2 rings (SSSR count). The summed E-state index contributed by atoms with van der Waals surface area (Å²) in [7, 11) is 0. The number of aliphatic hydroxyl groups excluding tert-OH is 1. The Morgan fingerprint density at radius 3 is 2.42 bits per heavy atom. The van der Waals surface area contributed by atoms with Crippen LogP contribution < -0.4 is 4.90 Å². The molecule has 0 unspecified atom stereocenters. The van der Waals surface area contributed by atoms with Crippen LogP contribution in [0.3, 0.4) is 0 Å². The largest absolute Gasteiger partial charge is 0.392 e. The van der Waals surface area contributed by atoms with Crippen molar-refractivity contribution in [2.24, 2.45) is 0 Å². The number of hydrogen-bond acceptors (Lipinski definition) is 3. The molecule has 102 valence electrons. The molecular formula is C14H15F2NOS. The molecule has 0 saturated heterocycles. The third-order valence-electron chi connectivity index (χ3n) is 2.88. The fraction of sp³-hybridized carbons (Fsp3) is 0.286. The summed E-state index contributed by atoms with van der Waals surface area (Å²) in [6, 6.07) is 6.20. The van der Waals surface area contributed by atoms with Gasteiger partial charge in [0.05, 0.1) is 13.2 Å². The van der Waals surface area contributed by atoms with Gasteiger partial charge in [0.25, 0.3) is 0 Å². The van der Waals surface area contributed by atoms with Crippen LogP contribution in [0.2, 0.25) is 0 Å². The summed E-state index contributed by atoms with van der Waals surface area (Å²) >= 11 is 1.55. The Hall–Kier alpha value is -1.46. The van der Waals surface area contributed by atoms with Gasteiger partial charge < -0.3 is 10.0 Å². The van der Waals surface area contributed by atoms with Gasteiger partial charge in [0.15, 0.2) is 0 Å². The first-order chi connectivity index (χ1) is 9.15. The number of rotatable bonds is 5. The monoisotopic (exact) mass is 283 g/mol. The van der Waals surface area contributed by atoms with Gasteiger partial charge in [0.2, 0.25) is 0 Å². The molecule has 0 amide bonds. The maximum atomic E-state index is 14.0. The summed E-state index contributed by atoms with van der Waals surface area (Å²) in [6.45, 7) is 2.46. The summed E-state index contributed by atoms with van der Waals surface area (Å²) in [6.07, 6.45) is 0. The summed E-state index contributed by atoms with van der Waals surface area (Å²) in [5.41, 5.74) is 0.207. The average Bonchev–Trinajstić information content (AvgIpc) is 2.89. The van der Waals surface area contributed by atoms with Crippen molar-refractivity contribution in [2.75, 3.05) is 11.4 Å². The highest BCUT2D eigenvalue weighted by Gasteiger charge is 2.17. The summed E-state index contributed by atoms with van der Waals surface area (Å²) in [4.78, 5) is 2.70. The molecule has 2 aromatic rings. The van der Waals surface area contributed by atoms with Crippen LogP contribution in [0.4, 0.5) is 14.5 Å². The van der Waals surface area contributed by atoms with E-state index in [-0.39, 0.29) is 17.9 Å². The predicted molar refractivity (Wildman–Crippen MR) is 73.3 cm³/mol. The number of halogens is 2. The molecule has 1 aromatic heterocycles. The first-order valence-electron chi connectivity index (χ1n) is 6.01. The van der Waals surface area contributed by atoms with Gasteiger partial charge in [-0.25, -0.2) is 8.78 Å². The Bertz CT molecular complexity index is 519. The summed E-state index contributed by atoms with van der Waals surface area (Å²) < 4.78 is 27.9. The topological polar surface area (TPSA) is 23.5 Å². The van der Waals surface area contributed by atoms with E-state index in [2.05, 4.69) is 0 Å². The van der Waals surface area contributed by atoms with Gasteiger partial charge in [-0.3, -0.25) is 0 Å². The summed E-state index contributed by atoms with van der Waals surface area (Å²) in [5.74, 6) is -1.27. The van der Waals surface area contributed by atoms with Crippen LogP contribution >= 0.6 is 11.3 Å². The quantitative estimate of drug-likeness (QED) is 0.907. The minimum absolute atomic E-state index is 0.0342. The highest BCUT2D eigenvalue weighted by Crippen LogP contribution is 2.27. The van der Waals surface area contributed by atoms with Crippen LogP contribution in [0.1, 0.15) is 17.4 Å². The molecule has 0 saturated carbocycles. The van der Waals surface area contributed by atoms with Crippen LogP contribution in [0, 0.1) is 11.6 Å². The zero-order chi connectivity index (χ0) is 13.8. The second-order valence-electron chi connectivity index (χ2n) is 4.16. The van der Waals surface area contributed by atoms with Crippen molar-refractivity contribution in [2.45, 2.75) is 20.1 Å². The first kappa shape index (κ1) is 14.0. The van der Waals surface area contributed by atoms with Crippen molar-refractivity contribution >= 4 is 17.0 Å². The van der Waals surface area contributed by atoms with Crippen LogP contribution in [0.25, 0.3) is 0 Å². The molecular weight excluding hydrogens is 268 g/mol. The normalized spacial score (nSPS) is 10.7. The van der Waals surface area contributed by atoms with E-state index in [1.54, 1.807) is 16.2 Å². The predicted octanol–water partition coefficient (Wildman–Crippen LogP) is 3.55. The fourth-order valence-corrected chi connectivity index (χ4v) is 2.67. The Kier molecular flexibility index (Phi) is 4.50. The number of nitrogens with zero attached hydrogens (tertiary/aromatic N) is 1. The van der Waals surface area contributed by atoms with Crippen LogP contribution in [-0.4, -0.2) is 11.7 Å². The van der Waals surface area contributed by atoms with Crippen molar-refractivity contribution in [1.82, 2.24) is 0 Å². The van der Waals surface area contributed by atoms with E-state index in [9.17, 15) is 8.78 Å². The minimum atomic E-state index is -0.637. The smallest absolute Gasteiger partial charge is 0.149 e. The van der Waals surface area contributed by atoms with Gasteiger partial charge >= 0.3 is 0 Å². The van der Waals surface area contributed by atoms with E-state index < -0.39 is 11.6 Å². The molecule has 0 aliphatic heterocycles. The molecule has 1 aromatic carbocycles. The van der Waals surface area contributed by atoms with Gasteiger partial charge in [0, 0.05) is 11.4 Å². The molecule has 5 heteroatoms. The standard InChI is InChI=1S/C14H15F2NOS/c1-2-17(8-11-4-3-5-19-11)14-12(15)6-10(9-18)7-13(14)16/h3-7,18H,2,8-9H2,1H3. The van der Waals surface area contributed by atoms with Gasteiger partial charge in [-0.2, -0.15) is 0 Å².